The normalized spacial score (nSPS) is 25.2. The first-order chi connectivity index (χ1) is 7.93. The molecule has 2 aliphatic rings. The fraction of sp³-hybridized carbons (Fsp3) is 0.667. The summed E-state index contributed by atoms with van der Waals surface area (Å²) in [5.74, 6) is 1.57. The van der Waals surface area contributed by atoms with Crippen LogP contribution < -0.4 is 4.90 Å². The molecule has 1 unspecified atom stereocenters. The van der Waals surface area contributed by atoms with Gasteiger partial charge >= 0.3 is 0 Å². The molecule has 3 rings (SSSR count). The van der Waals surface area contributed by atoms with E-state index in [4.69, 9.17) is 4.74 Å². The smallest absolute Gasteiger partial charge is 0.132 e. The Balaban J connectivity index is 1.81. The molecule has 0 N–H and O–H groups in total. The number of nitrogens with zero attached hydrogens (tertiary/aromatic N) is 3. The molecule has 4 nitrogen and oxygen atoms in total. The molecule has 0 saturated carbocycles. The van der Waals surface area contributed by atoms with Crippen LogP contribution in [0.2, 0.25) is 0 Å². The first kappa shape index (κ1) is 10.0. The lowest BCUT2D eigenvalue weighted by atomic mass is 10.0. The van der Waals surface area contributed by atoms with E-state index in [-0.39, 0.29) is 0 Å². The maximum atomic E-state index is 5.40. The Morgan fingerprint density at radius 3 is 2.88 bits per heavy atom. The van der Waals surface area contributed by atoms with Crippen molar-refractivity contribution >= 4 is 5.82 Å². The van der Waals surface area contributed by atoms with Gasteiger partial charge in [0.05, 0.1) is 12.3 Å². The largest absolute Gasteiger partial charge is 0.381 e. The Hall–Kier alpha value is -1.16. The van der Waals surface area contributed by atoms with Crippen molar-refractivity contribution < 1.29 is 4.74 Å². The van der Waals surface area contributed by atoms with Gasteiger partial charge in [-0.25, -0.2) is 9.97 Å². The summed E-state index contributed by atoms with van der Waals surface area (Å²) in [4.78, 5) is 11.1. The number of anilines is 1. The van der Waals surface area contributed by atoms with Gasteiger partial charge in [0, 0.05) is 31.7 Å². The Morgan fingerprint density at radius 1 is 1.25 bits per heavy atom. The van der Waals surface area contributed by atoms with Crippen LogP contribution >= 0.6 is 0 Å². The third-order valence-electron chi connectivity index (χ3n) is 3.45. The highest BCUT2D eigenvalue weighted by molar-refractivity contribution is 5.40. The summed E-state index contributed by atoms with van der Waals surface area (Å²) in [5, 5.41) is 0. The van der Waals surface area contributed by atoms with Crippen molar-refractivity contribution in [3.63, 3.8) is 0 Å². The highest BCUT2D eigenvalue weighted by atomic mass is 16.5. The molecule has 1 aromatic heterocycles. The van der Waals surface area contributed by atoms with Gasteiger partial charge in [-0.1, -0.05) is 0 Å². The number of ether oxygens (including phenoxy) is 1. The van der Waals surface area contributed by atoms with Gasteiger partial charge < -0.3 is 9.64 Å². The van der Waals surface area contributed by atoms with E-state index < -0.39 is 0 Å². The molecule has 2 fully saturated rings. The van der Waals surface area contributed by atoms with Gasteiger partial charge in [-0.15, -0.1) is 0 Å². The highest BCUT2D eigenvalue weighted by Crippen LogP contribution is 2.26. The van der Waals surface area contributed by atoms with Crippen LogP contribution in [0.15, 0.2) is 12.4 Å². The van der Waals surface area contributed by atoms with Gasteiger partial charge in [-0.2, -0.15) is 0 Å². The monoisotopic (exact) mass is 219 g/mol. The summed E-state index contributed by atoms with van der Waals surface area (Å²) in [5.41, 5.74) is 1.15. The molecule has 16 heavy (non-hydrogen) atoms. The molecule has 86 valence electrons. The minimum Gasteiger partial charge on any atom is -0.381 e. The topological polar surface area (TPSA) is 38.2 Å². The van der Waals surface area contributed by atoms with E-state index in [1.807, 2.05) is 0 Å². The molecular weight excluding hydrogens is 202 g/mol. The average Bonchev–Trinajstić information content (AvgIpc) is 3.03. The first-order valence-corrected chi connectivity index (χ1v) is 6.08. The summed E-state index contributed by atoms with van der Waals surface area (Å²) in [7, 11) is 0. The van der Waals surface area contributed by atoms with E-state index in [0.29, 0.717) is 5.92 Å². The zero-order chi connectivity index (χ0) is 10.8. The molecule has 0 spiro atoms. The van der Waals surface area contributed by atoms with Gasteiger partial charge in [-0.05, 0) is 19.3 Å². The van der Waals surface area contributed by atoms with Gasteiger partial charge in [0.15, 0.2) is 0 Å². The van der Waals surface area contributed by atoms with Crippen LogP contribution in [-0.4, -0.2) is 36.3 Å². The summed E-state index contributed by atoms with van der Waals surface area (Å²) in [6, 6.07) is 2.14. The third kappa shape index (κ3) is 1.89. The molecule has 0 radical (unpaired) electrons. The number of aromatic nitrogens is 2. The van der Waals surface area contributed by atoms with Crippen molar-refractivity contribution in [2.45, 2.75) is 25.2 Å². The van der Waals surface area contributed by atoms with Gasteiger partial charge in [0.2, 0.25) is 0 Å². The van der Waals surface area contributed by atoms with E-state index in [9.17, 15) is 0 Å². The second kappa shape index (κ2) is 4.37. The fourth-order valence-corrected chi connectivity index (χ4v) is 2.47. The van der Waals surface area contributed by atoms with E-state index >= 15 is 0 Å². The van der Waals surface area contributed by atoms with Crippen molar-refractivity contribution in [1.82, 2.24) is 9.97 Å². The van der Waals surface area contributed by atoms with E-state index in [1.165, 1.54) is 12.8 Å². The van der Waals surface area contributed by atoms with Crippen LogP contribution in [-0.2, 0) is 4.74 Å². The summed E-state index contributed by atoms with van der Waals surface area (Å²) < 4.78 is 5.40. The Morgan fingerprint density at radius 2 is 2.12 bits per heavy atom. The molecule has 0 aliphatic carbocycles. The zero-order valence-electron chi connectivity index (χ0n) is 9.43. The Kier molecular flexibility index (Phi) is 2.74. The quantitative estimate of drug-likeness (QED) is 0.757. The Bertz CT molecular complexity index is 326. The molecule has 2 aliphatic heterocycles. The molecule has 1 aromatic rings. The first-order valence-electron chi connectivity index (χ1n) is 6.08. The molecule has 0 amide bonds. The molecule has 0 bridgehead atoms. The van der Waals surface area contributed by atoms with E-state index in [0.717, 1.165) is 44.2 Å². The number of hydrogen-bond acceptors (Lipinski definition) is 4. The summed E-state index contributed by atoms with van der Waals surface area (Å²) >= 11 is 0. The standard InChI is InChI=1S/C12H17N3O/c1-2-5-15(4-1)12-7-11(13-9-14-12)10-3-6-16-8-10/h7,9-10H,1-6,8H2. The zero-order valence-corrected chi connectivity index (χ0v) is 9.43. The van der Waals surface area contributed by atoms with Crippen LogP contribution in [0.5, 0.6) is 0 Å². The fourth-order valence-electron chi connectivity index (χ4n) is 2.47. The van der Waals surface area contributed by atoms with Crippen molar-refractivity contribution in [3.8, 4) is 0 Å². The second-order valence-corrected chi connectivity index (χ2v) is 4.56. The van der Waals surface area contributed by atoms with Crippen LogP contribution in [0.25, 0.3) is 0 Å². The van der Waals surface area contributed by atoms with Crippen LogP contribution in [0, 0.1) is 0 Å². The molecule has 1 atom stereocenters. The average molecular weight is 219 g/mol. The van der Waals surface area contributed by atoms with Gasteiger partial charge in [0.25, 0.3) is 0 Å². The summed E-state index contributed by atoms with van der Waals surface area (Å²) in [6.07, 6.45) is 5.36. The van der Waals surface area contributed by atoms with Crippen molar-refractivity contribution in [1.29, 1.82) is 0 Å². The number of rotatable bonds is 2. The molecular formula is C12H17N3O. The van der Waals surface area contributed by atoms with Crippen LogP contribution in [0.4, 0.5) is 5.82 Å². The van der Waals surface area contributed by atoms with Crippen molar-refractivity contribution in [3.05, 3.63) is 18.1 Å². The van der Waals surface area contributed by atoms with Crippen LogP contribution in [0.1, 0.15) is 30.9 Å². The SMILES string of the molecule is c1nc(C2CCOC2)cc(N2CCCC2)n1. The van der Waals surface area contributed by atoms with Gasteiger partial charge in [-0.3, -0.25) is 0 Å². The summed E-state index contributed by atoms with van der Waals surface area (Å²) in [6.45, 7) is 3.96. The maximum Gasteiger partial charge on any atom is 0.132 e. The highest BCUT2D eigenvalue weighted by Gasteiger charge is 2.21. The lowest BCUT2D eigenvalue weighted by Crippen LogP contribution is -2.19. The Labute approximate surface area is 95.7 Å². The number of hydrogen-bond donors (Lipinski definition) is 0. The van der Waals surface area contributed by atoms with Crippen molar-refractivity contribution in [2.24, 2.45) is 0 Å². The predicted octanol–water partition coefficient (Wildman–Crippen LogP) is 1.58. The molecule has 0 aromatic carbocycles. The van der Waals surface area contributed by atoms with Crippen LogP contribution in [0.3, 0.4) is 0 Å². The van der Waals surface area contributed by atoms with Gasteiger partial charge in [0.1, 0.15) is 12.1 Å². The molecule has 4 heteroatoms. The lowest BCUT2D eigenvalue weighted by molar-refractivity contribution is 0.193. The maximum absolute atomic E-state index is 5.40. The lowest BCUT2D eigenvalue weighted by Gasteiger charge is -2.17. The van der Waals surface area contributed by atoms with E-state index in [2.05, 4.69) is 20.9 Å². The van der Waals surface area contributed by atoms with E-state index in [1.54, 1.807) is 6.33 Å². The molecule has 3 heterocycles. The predicted molar refractivity (Wildman–Crippen MR) is 61.7 cm³/mol. The third-order valence-corrected chi connectivity index (χ3v) is 3.45. The minimum absolute atomic E-state index is 0.476. The van der Waals surface area contributed by atoms with Crippen molar-refractivity contribution in [2.75, 3.05) is 31.2 Å². The minimum atomic E-state index is 0.476. The second-order valence-electron chi connectivity index (χ2n) is 4.56. The molecule has 2 saturated heterocycles.